The quantitative estimate of drug-likeness (QED) is 0.0946. The highest BCUT2D eigenvalue weighted by atomic mass is 28.4. The van der Waals surface area contributed by atoms with Gasteiger partial charge < -0.3 is 19.0 Å². The first-order chi connectivity index (χ1) is 23.2. The van der Waals surface area contributed by atoms with Crippen molar-refractivity contribution in [2.24, 2.45) is 11.8 Å². The maximum atomic E-state index is 13.5. The van der Waals surface area contributed by atoms with Crippen molar-refractivity contribution in [1.29, 1.82) is 0 Å². The zero-order chi connectivity index (χ0) is 34.0. The number of allylic oxidation sites excluding steroid dienone is 1. The van der Waals surface area contributed by atoms with Crippen molar-refractivity contribution in [3.63, 3.8) is 0 Å². The predicted octanol–water partition coefficient (Wildman–Crippen LogP) is 6.98. The highest BCUT2D eigenvalue weighted by molar-refractivity contribution is 6.99. The van der Waals surface area contributed by atoms with Crippen LogP contribution in [-0.4, -0.2) is 50.8 Å². The summed E-state index contributed by atoms with van der Waals surface area (Å²) in [6.45, 7) is 7.06. The molecule has 0 amide bonds. The van der Waals surface area contributed by atoms with E-state index in [-0.39, 0.29) is 23.5 Å². The van der Waals surface area contributed by atoms with Crippen LogP contribution in [0.2, 0.25) is 5.04 Å². The third-order valence-electron chi connectivity index (χ3n) is 9.29. The Bertz CT molecular complexity index is 1580. The molecular weight excluding hydrogens is 617 g/mol. The van der Waals surface area contributed by atoms with Crippen LogP contribution in [0.1, 0.15) is 60.7 Å². The van der Waals surface area contributed by atoms with E-state index in [1.165, 1.54) is 0 Å². The summed E-state index contributed by atoms with van der Waals surface area (Å²) in [4.78, 5) is 26.9. The van der Waals surface area contributed by atoms with Gasteiger partial charge in [-0.25, -0.2) is 9.59 Å². The minimum absolute atomic E-state index is 0.0469. The second-order valence-electron chi connectivity index (χ2n) is 13.4. The second-order valence-corrected chi connectivity index (χ2v) is 17.7. The number of esters is 2. The van der Waals surface area contributed by atoms with Crippen molar-refractivity contribution < 1.29 is 28.6 Å². The normalized spacial score (nSPS) is 19.7. The molecule has 0 unspecified atom stereocenters. The maximum Gasteiger partial charge on any atom is 0.338 e. The van der Waals surface area contributed by atoms with E-state index in [9.17, 15) is 14.7 Å². The van der Waals surface area contributed by atoms with Crippen LogP contribution in [0.3, 0.4) is 0 Å². The molecule has 5 rings (SSSR count). The Balaban J connectivity index is 1.54. The average Bonchev–Trinajstić information content (AvgIpc) is 3.42. The third-order valence-corrected chi connectivity index (χ3v) is 14.3. The van der Waals surface area contributed by atoms with Crippen molar-refractivity contribution in [1.82, 2.24) is 0 Å². The van der Waals surface area contributed by atoms with E-state index >= 15 is 0 Å². The van der Waals surface area contributed by atoms with Gasteiger partial charge in [0.15, 0.2) is 0 Å². The van der Waals surface area contributed by atoms with Crippen LogP contribution < -0.4 is 10.4 Å². The van der Waals surface area contributed by atoms with Gasteiger partial charge >= 0.3 is 11.9 Å². The van der Waals surface area contributed by atoms with Crippen molar-refractivity contribution in [2.75, 3.05) is 13.2 Å². The van der Waals surface area contributed by atoms with E-state index in [1.807, 2.05) is 60.7 Å². The fraction of sp³-hybridized carbons (Fsp3) is 0.317. The first-order valence-electron chi connectivity index (χ1n) is 16.8. The van der Waals surface area contributed by atoms with Crippen molar-refractivity contribution in [2.45, 2.75) is 57.3 Å². The van der Waals surface area contributed by atoms with Gasteiger partial charge in [0.2, 0.25) is 0 Å². The van der Waals surface area contributed by atoms with Crippen LogP contribution in [0.5, 0.6) is 0 Å². The van der Waals surface area contributed by atoms with E-state index in [4.69, 9.17) is 13.9 Å². The minimum Gasteiger partial charge on any atom is -0.458 e. The zero-order valence-electron chi connectivity index (χ0n) is 28.0. The Morgan fingerprint density at radius 1 is 0.688 bits per heavy atom. The molecule has 1 N–H and O–H groups in total. The van der Waals surface area contributed by atoms with Crippen LogP contribution in [0.25, 0.3) is 0 Å². The molecule has 250 valence electrons. The van der Waals surface area contributed by atoms with Gasteiger partial charge in [0, 0.05) is 31.5 Å². The van der Waals surface area contributed by atoms with E-state index < -0.39 is 32.5 Å². The summed E-state index contributed by atoms with van der Waals surface area (Å²) in [5, 5.41) is 11.5. The van der Waals surface area contributed by atoms with Crippen LogP contribution in [0.15, 0.2) is 133 Å². The summed E-state index contributed by atoms with van der Waals surface area (Å²) in [6, 6.07) is 38.8. The number of rotatable bonds is 13. The van der Waals surface area contributed by atoms with Crippen molar-refractivity contribution >= 4 is 30.6 Å². The number of carbonyl (C=O) groups excluding carboxylic acids is 2. The predicted molar refractivity (Wildman–Crippen MR) is 192 cm³/mol. The number of aliphatic hydroxyl groups is 1. The highest BCUT2D eigenvalue weighted by Crippen LogP contribution is 2.43. The Labute approximate surface area is 285 Å². The lowest BCUT2D eigenvalue weighted by Gasteiger charge is -2.44. The molecular formula is C41H46O6Si. The summed E-state index contributed by atoms with van der Waals surface area (Å²) in [6.07, 6.45) is 4.35. The van der Waals surface area contributed by atoms with Crippen LogP contribution in [-0.2, 0) is 13.9 Å². The molecule has 1 fully saturated rings. The molecule has 1 saturated carbocycles. The molecule has 4 aromatic rings. The fourth-order valence-electron chi connectivity index (χ4n) is 6.95. The molecule has 0 heterocycles. The first kappa shape index (κ1) is 35.0. The van der Waals surface area contributed by atoms with Gasteiger partial charge in [-0.3, -0.25) is 0 Å². The highest BCUT2D eigenvalue weighted by Gasteiger charge is 2.53. The Kier molecular flexibility index (Phi) is 11.8. The Morgan fingerprint density at radius 3 is 1.56 bits per heavy atom. The second kappa shape index (κ2) is 16.2. The topological polar surface area (TPSA) is 82.1 Å². The molecule has 6 nitrogen and oxygen atoms in total. The summed E-state index contributed by atoms with van der Waals surface area (Å²) in [5.41, 5.74) is 0.935. The molecule has 1 aliphatic carbocycles. The monoisotopic (exact) mass is 662 g/mol. The third kappa shape index (κ3) is 8.04. The number of hydrogen-bond donors (Lipinski definition) is 1. The molecule has 0 bridgehead atoms. The lowest BCUT2D eigenvalue weighted by Crippen LogP contribution is -2.67. The molecule has 7 heteroatoms. The fourth-order valence-corrected chi connectivity index (χ4v) is 11.5. The van der Waals surface area contributed by atoms with Gasteiger partial charge in [-0.2, -0.15) is 0 Å². The van der Waals surface area contributed by atoms with Crippen molar-refractivity contribution in [3.8, 4) is 0 Å². The smallest absolute Gasteiger partial charge is 0.338 e. The molecule has 0 aliphatic heterocycles. The van der Waals surface area contributed by atoms with E-state index in [0.29, 0.717) is 37.0 Å². The van der Waals surface area contributed by atoms with E-state index in [1.54, 1.807) is 24.3 Å². The van der Waals surface area contributed by atoms with Gasteiger partial charge in [-0.15, -0.1) is 0 Å². The first-order valence-corrected chi connectivity index (χ1v) is 18.7. The molecule has 0 radical (unpaired) electrons. The van der Waals surface area contributed by atoms with Crippen molar-refractivity contribution in [3.05, 3.63) is 145 Å². The van der Waals surface area contributed by atoms with Gasteiger partial charge in [-0.05, 0) is 52.5 Å². The summed E-state index contributed by atoms with van der Waals surface area (Å²) < 4.78 is 19.9. The van der Waals surface area contributed by atoms with Gasteiger partial charge in [0.25, 0.3) is 8.32 Å². The molecule has 0 spiro atoms. The maximum absolute atomic E-state index is 13.5. The number of aliphatic hydroxyl groups excluding tert-OH is 1. The molecule has 0 saturated heterocycles. The summed E-state index contributed by atoms with van der Waals surface area (Å²) >= 11 is 0. The van der Waals surface area contributed by atoms with E-state index in [0.717, 1.165) is 10.4 Å². The van der Waals surface area contributed by atoms with Gasteiger partial charge in [0.05, 0.1) is 11.1 Å². The lowest BCUT2D eigenvalue weighted by molar-refractivity contribution is 0.00915. The Hall–Kier alpha value is -4.30. The Morgan fingerprint density at radius 2 is 1.12 bits per heavy atom. The van der Waals surface area contributed by atoms with Gasteiger partial charge in [0.1, 0.15) is 12.2 Å². The number of benzene rings is 4. The van der Waals surface area contributed by atoms with Gasteiger partial charge in [-0.1, -0.05) is 130 Å². The average molecular weight is 663 g/mol. The largest absolute Gasteiger partial charge is 0.458 e. The number of hydrogen-bond acceptors (Lipinski definition) is 6. The number of carbonyl (C=O) groups is 2. The SMILES string of the molecule is CC(C)(C)[Si](OC[C@H]1[C@@H](C/C=C\CCO)[C@H](OC(=O)c2ccccc2)C[C@@H]1OC(=O)c1ccccc1)(c1ccccc1)c1ccccc1. The standard InChI is InChI=1S/C41H46O6Si/c1-41(2,3)48(33-23-13-6-14-24-33,34-25-15-7-16-26-34)45-30-36-35(27-17-8-18-28-42)37(46-39(43)31-19-9-4-10-20-31)29-38(36)47-40(44)32-21-11-5-12-22-32/h4-17,19-26,35-38,42H,18,27-30H2,1-3H3/b17-8-/t35-,36+,37-,38+/m1/s1. The summed E-state index contributed by atoms with van der Waals surface area (Å²) in [7, 11) is -2.93. The van der Waals surface area contributed by atoms with Crippen LogP contribution in [0.4, 0.5) is 0 Å². The number of ether oxygens (including phenoxy) is 2. The summed E-state index contributed by atoms with van der Waals surface area (Å²) in [5.74, 6) is -1.29. The van der Waals surface area contributed by atoms with Crippen LogP contribution in [0, 0.1) is 11.8 Å². The molecule has 4 aromatic carbocycles. The minimum atomic E-state index is -2.93. The molecule has 4 atom stereocenters. The van der Waals surface area contributed by atoms with E-state index in [2.05, 4.69) is 69.3 Å². The molecule has 48 heavy (non-hydrogen) atoms. The molecule has 1 aliphatic rings. The lowest BCUT2D eigenvalue weighted by atomic mass is 9.91. The van der Waals surface area contributed by atoms with Crippen LogP contribution >= 0.6 is 0 Å². The zero-order valence-corrected chi connectivity index (χ0v) is 29.0. The molecule has 0 aromatic heterocycles.